The van der Waals surface area contributed by atoms with Crippen LogP contribution >= 0.6 is 17.2 Å². The SMILES string of the molecule is CP(Cl)(c1ccccc1)(c1ccccc1)c1ccccc1N1CCCC1=O. The van der Waals surface area contributed by atoms with Gasteiger partial charge in [-0.15, -0.1) is 0 Å². The molecule has 0 unspecified atom stereocenters. The Kier molecular flexibility index (Phi) is 4.58. The van der Waals surface area contributed by atoms with Gasteiger partial charge in [0.05, 0.1) is 0 Å². The average Bonchev–Trinajstić information content (AvgIpc) is 3.15. The third-order valence-electron chi connectivity index (χ3n) is 5.56. The predicted octanol–water partition coefficient (Wildman–Crippen LogP) is 4.43. The monoisotopic (exact) mass is 395 g/mol. The van der Waals surface area contributed by atoms with Gasteiger partial charge in [0.2, 0.25) is 0 Å². The van der Waals surface area contributed by atoms with E-state index >= 15 is 0 Å². The molecule has 0 spiro atoms. The van der Waals surface area contributed by atoms with Crippen LogP contribution in [0, 0.1) is 0 Å². The Labute approximate surface area is 165 Å². The second kappa shape index (κ2) is 6.78. The molecule has 0 N–H and O–H groups in total. The first-order chi connectivity index (χ1) is 13.0. The number of amides is 1. The number of carbonyl (C=O) groups excluding carboxylic acids is 1. The van der Waals surface area contributed by atoms with E-state index in [0.717, 1.165) is 34.6 Å². The molecule has 27 heavy (non-hydrogen) atoms. The van der Waals surface area contributed by atoms with Crippen LogP contribution in [0.15, 0.2) is 84.9 Å². The van der Waals surface area contributed by atoms with Gasteiger partial charge in [-0.25, -0.2) is 0 Å². The van der Waals surface area contributed by atoms with Crippen molar-refractivity contribution in [1.29, 1.82) is 0 Å². The topological polar surface area (TPSA) is 20.3 Å². The summed E-state index contributed by atoms with van der Waals surface area (Å²) >= 11 is 7.79. The maximum absolute atomic E-state index is 12.5. The summed E-state index contributed by atoms with van der Waals surface area (Å²) in [4.78, 5) is 14.4. The Morgan fingerprint density at radius 1 is 0.815 bits per heavy atom. The van der Waals surface area contributed by atoms with Crippen molar-refractivity contribution >= 4 is 44.7 Å². The van der Waals surface area contributed by atoms with Gasteiger partial charge in [0, 0.05) is 0 Å². The first kappa shape index (κ1) is 18.2. The number of anilines is 1. The van der Waals surface area contributed by atoms with Gasteiger partial charge < -0.3 is 0 Å². The van der Waals surface area contributed by atoms with Gasteiger partial charge in [-0.2, -0.15) is 0 Å². The summed E-state index contributed by atoms with van der Waals surface area (Å²) in [6.45, 7) is 2.93. The molecule has 1 amide bonds. The molecular formula is C23H23ClNOP. The molecule has 1 aliphatic heterocycles. The Hall–Kier alpha value is -2.15. The van der Waals surface area contributed by atoms with E-state index in [4.69, 9.17) is 11.2 Å². The van der Waals surface area contributed by atoms with E-state index < -0.39 is 5.96 Å². The number of hydrogen-bond acceptors (Lipinski definition) is 1. The molecule has 1 aliphatic rings. The van der Waals surface area contributed by atoms with Gasteiger partial charge in [0.1, 0.15) is 0 Å². The standard InChI is InChI=1S/C23H23ClNOP/c1-27(24,19-11-4-2-5-12-19,20-13-6-3-7-14-20)22-16-9-8-15-21(22)25-18-10-17-23(25)26/h2-9,11-16H,10,17-18H2,1H3. The molecule has 0 aliphatic carbocycles. The zero-order valence-electron chi connectivity index (χ0n) is 15.4. The molecule has 0 bridgehead atoms. The van der Waals surface area contributed by atoms with Crippen LogP contribution in [0.25, 0.3) is 0 Å². The van der Waals surface area contributed by atoms with Crippen LogP contribution in [0.3, 0.4) is 0 Å². The van der Waals surface area contributed by atoms with Gasteiger partial charge in [-0.3, -0.25) is 0 Å². The summed E-state index contributed by atoms with van der Waals surface area (Å²) in [5, 5.41) is 3.27. The second-order valence-electron chi connectivity index (χ2n) is 7.24. The van der Waals surface area contributed by atoms with Gasteiger partial charge >= 0.3 is 165 Å². The second-order valence-corrected chi connectivity index (χ2v) is 14.1. The molecule has 1 heterocycles. The summed E-state index contributed by atoms with van der Waals surface area (Å²) in [5.74, 6) is -3.07. The van der Waals surface area contributed by atoms with Gasteiger partial charge in [-0.1, -0.05) is 0 Å². The Balaban J connectivity index is 2.04. The Bertz CT molecular complexity index is 928. The van der Waals surface area contributed by atoms with Crippen molar-refractivity contribution in [3.05, 3.63) is 84.9 Å². The third-order valence-corrected chi connectivity index (χ3v) is 11.9. The molecule has 3 aromatic carbocycles. The fraction of sp³-hybridized carbons (Fsp3) is 0.174. The van der Waals surface area contributed by atoms with Crippen molar-refractivity contribution in [1.82, 2.24) is 0 Å². The van der Waals surface area contributed by atoms with E-state index in [1.165, 1.54) is 0 Å². The number of hydrogen-bond donors (Lipinski definition) is 0. The van der Waals surface area contributed by atoms with Crippen LogP contribution in [0.4, 0.5) is 5.69 Å². The number of carbonyl (C=O) groups is 1. The summed E-state index contributed by atoms with van der Waals surface area (Å²) in [7, 11) is 0. The number of benzene rings is 3. The Morgan fingerprint density at radius 2 is 1.33 bits per heavy atom. The van der Waals surface area contributed by atoms with Gasteiger partial charge in [0.15, 0.2) is 0 Å². The fourth-order valence-electron chi connectivity index (χ4n) is 4.04. The number of nitrogens with zero attached hydrogens (tertiary/aromatic N) is 1. The average molecular weight is 396 g/mol. The predicted molar refractivity (Wildman–Crippen MR) is 119 cm³/mol. The molecule has 138 valence electrons. The first-order valence-corrected chi connectivity index (χ1v) is 12.8. The molecule has 2 nitrogen and oxygen atoms in total. The molecule has 1 saturated heterocycles. The van der Waals surface area contributed by atoms with Crippen molar-refractivity contribution < 1.29 is 4.79 Å². The van der Waals surface area contributed by atoms with E-state index in [-0.39, 0.29) is 5.91 Å². The molecule has 0 atom stereocenters. The van der Waals surface area contributed by atoms with Crippen LogP contribution in [0.2, 0.25) is 0 Å². The summed E-state index contributed by atoms with van der Waals surface area (Å²) < 4.78 is 0. The molecule has 0 saturated carbocycles. The van der Waals surface area contributed by atoms with Gasteiger partial charge in [-0.05, 0) is 0 Å². The molecule has 1 fully saturated rings. The maximum atomic E-state index is 12.5. The minimum atomic E-state index is -3.25. The zero-order chi connectivity index (χ0) is 18.9. The van der Waals surface area contributed by atoms with E-state index in [2.05, 4.69) is 37.0 Å². The molecule has 3 aromatic rings. The van der Waals surface area contributed by atoms with E-state index in [0.29, 0.717) is 6.42 Å². The summed E-state index contributed by atoms with van der Waals surface area (Å²) in [6.07, 6.45) is 1.50. The summed E-state index contributed by atoms with van der Waals surface area (Å²) in [6, 6.07) is 28.8. The van der Waals surface area contributed by atoms with Crippen LogP contribution in [-0.4, -0.2) is 19.1 Å². The van der Waals surface area contributed by atoms with Crippen molar-refractivity contribution in [2.45, 2.75) is 12.8 Å². The van der Waals surface area contributed by atoms with E-state index in [1.54, 1.807) is 0 Å². The quantitative estimate of drug-likeness (QED) is 0.598. The van der Waals surface area contributed by atoms with Gasteiger partial charge in [0.25, 0.3) is 0 Å². The fourth-order valence-corrected chi connectivity index (χ4v) is 8.94. The molecule has 4 rings (SSSR count). The molecule has 0 radical (unpaired) electrons. The van der Waals surface area contributed by atoms with Crippen molar-refractivity contribution in [2.75, 3.05) is 18.1 Å². The number of halogens is 1. The Morgan fingerprint density at radius 3 is 1.85 bits per heavy atom. The van der Waals surface area contributed by atoms with Crippen molar-refractivity contribution in [2.24, 2.45) is 0 Å². The number of rotatable bonds is 4. The number of para-hydroxylation sites is 1. The molecular weight excluding hydrogens is 373 g/mol. The van der Waals surface area contributed by atoms with Crippen molar-refractivity contribution in [3.8, 4) is 0 Å². The van der Waals surface area contributed by atoms with E-state index in [1.807, 2.05) is 59.5 Å². The minimum absolute atomic E-state index is 0.179. The van der Waals surface area contributed by atoms with Crippen molar-refractivity contribution in [3.63, 3.8) is 0 Å². The normalized spacial score (nSPS) is 16.1. The first-order valence-electron chi connectivity index (χ1n) is 9.26. The van der Waals surface area contributed by atoms with Crippen LogP contribution in [0.1, 0.15) is 12.8 Å². The molecule has 4 heteroatoms. The van der Waals surface area contributed by atoms with E-state index in [9.17, 15) is 4.79 Å². The van der Waals surface area contributed by atoms with Crippen LogP contribution in [0.5, 0.6) is 0 Å². The third kappa shape index (κ3) is 2.88. The zero-order valence-corrected chi connectivity index (χ0v) is 17.0. The molecule has 0 aromatic heterocycles. The summed E-state index contributed by atoms with van der Waals surface area (Å²) in [5.41, 5.74) is 0.947. The van der Waals surface area contributed by atoms with Crippen LogP contribution < -0.4 is 20.8 Å². The van der Waals surface area contributed by atoms with Crippen LogP contribution in [-0.2, 0) is 4.79 Å².